The molecule has 1 fully saturated rings. The number of hydrogen-bond donors (Lipinski definition) is 1. The minimum Gasteiger partial charge on any atom is -0.497 e. The van der Waals surface area contributed by atoms with Crippen LogP contribution in [0.2, 0.25) is 0 Å². The molecule has 0 radical (unpaired) electrons. The van der Waals surface area contributed by atoms with Crippen molar-refractivity contribution >= 4 is 22.9 Å². The molecule has 1 aromatic rings. The van der Waals surface area contributed by atoms with Crippen molar-refractivity contribution in [2.75, 3.05) is 32.2 Å². The molecule has 0 spiro atoms. The van der Waals surface area contributed by atoms with Gasteiger partial charge in [0, 0.05) is 31.8 Å². The van der Waals surface area contributed by atoms with Crippen LogP contribution in [0.1, 0.15) is 18.4 Å². The first-order chi connectivity index (χ1) is 9.15. The summed E-state index contributed by atoms with van der Waals surface area (Å²) in [5.41, 5.74) is 7.77. The number of hydrogen-bond acceptors (Lipinski definition) is 4. The van der Waals surface area contributed by atoms with Gasteiger partial charge in [-0.15, -0.1) is 0 Å². The maximum Gasteiger partial charge on any atom is 0.120 e. The van der Waals surface area contributed by atoms with Crippen LogP contribution in [0, 0.1) is 0 Å². The van der Waals surface area contributed by atoms with E-state index in [1.165, 1.54) is 0 Å². The highest BCUT2D eigenvalue weighted by atomic mass is 32.1. The van der Waals surface area contributed by atoms with Crippen LogP contribution < -0.4 is 15.4 Å². The number of rotatable bonds is 4. The molecule has 0 aromatic heterocycles. The second-order valence-corrected chi connectivity index (χ2v) is 5.11. The Balaban J connectivity index is 2.24. The SMILES string of the molecule is COc1ccc(C(N)=S)c(N2CCC(OC)CC2)c1. The topological polar surface area (TPSA) is 47.7 Å². The molecule has 1 aromatic carbocycles. The summed E-state index contributed by atoms with van der Waals surface area (Å²) in [6, 6.07) is 5.82. The average molecular weight is 280 g/mol. The Morgan fingerprint density at radius 2 is 2.00 bits per heavy atom. The molecule has 2 rings (SSSR count). The molecular weight excluding hydrogens is 260 g/mol. The molecule has 0 amide bonds. The van der Waals surface area contributed by atoms with Gasteiger partial charge in [-0.05, 0) is 25.0 Å². The van der Waals surface area contributed by atoms with Crippen LogP contribution in [0.5, 0.6) is 5.75 Å². The minimum absolute atomic E-state index is 0.357. The summed E-state index contributed by atoms with van der Waals surface area (Å²) in [6.07, 6.45) is 2.39. The van der Waals surface area contributed by atoms with Gasteiger partial charge < -0.3 is 20.1 Å². The van der Waals surface area contributed by atoms with Gasteiger partial charge in [0.25, 0.3) is 0 Å². The molecular formula is C14H20N2O2S. The Bertz CT molecular complexity index is 457. The van der Waals surface area contributed by atoms with Gasteiger partial charge in [0.1, 0.15) is 10.7 Å². The van der Waals surface area contributed by atoms with Crippen molar-refractivity contribution < 1.29 is 9.47 Å². The molecule has 104 valence electrons. The van der Waals surface area contributed by atoms with Crippen molar-refractivity contribution in [2.24, 2.45) is 5.73 Å². The lowest BCUT2D eigenvalue weighted by atomic mass is 10.0. The molecule has 1 heterocycles. The van der Waals surface area contributed by atoms with Crippen LogP contribution in [0.15, 0.2) is 18.2 Å². The van der Waals surface area contributed by atoms with E-state index in [0.717, 1.165) is 42.9 Å². The summed E-state index contributed by atoms with van der Waals surface area (Å²) >= 11 is 5.13. The lowest BCUT2D eigenvalue weighted by Gasteiger charge is -2.34. The van der Waals surface area contributed by atoms with Crippen LogP contribution >= 0.6 is 12.2 Å². The highest BCUT2D eigenvalue weighted by Crippen LogP contribution is 2.29. The fourth-order valence-corrected chi connectivity index (χ4v) is 2.61. The average Bonchev–Trinajstić information content (AvgIpc) is 2.46. The normalized spacial score (nSPS) is 16.4. The highest BCUT2D eigenvalue weighted by Gasteiger charge is 2.21. The number of anilines is 1. The zero-order valence-corrected chi connectivity index (χ0v) is 12.2. The first kappa shape index (κ1) is 14.1. The molecule has 19 heavy (non-hydrogen) atoms. The maximum atomic E-state index is 5.81. The predicted octanol–water partition coefficient (Wildman–Crippen LogP) is 1.94. The lowest BCUT2D eigenvalue weighted by Crippen LogP contribution is -2.37. The summed E-state index contributed by atoms with van der Waals surface area (Å²) in [5, 5.41) is 0. The number of nitrogens with zero attached hydrogens (tertiary/aromatic N) is 1. The molecule has 0 bridgehead atoms. The van der Waals surface area contributed by atoms with Gasteiger partial charge in [0.15, 0.2) is 0 Å². The second-order valence-electron chi connectivity index (χ2n) is 4.67. The van der Waals surface area contributed by atoms with Gasteiger partial charge in [-0.3, -0.25) is 0 Å². The molecule has 1 aliphatic heterocycles. The summed E-state index contributed by atoms with van der Waals surface area (Å²) < 4.78 is 10.7. The number of methoxy groups -OCH3 is 2. The molecule has 0 unspecified atom stereocenters. The van der Waals surface area contributed by atoms with E-state index in [1.54, 1.807) is 14.2 Å². The van der Waals surface area contributed by atoms with Crippen LogP contribution in [0.3, 0.4) is 0 Å². The number of benzene rings is 1. The summed E-state index contributed by atoms with van der Waals surface area (Å²) in [4.78, 5) is 2.72. The number of thiocarbonyl (C=S) groups is 1. The predicted molar refractivity (Wildman–Crippen MR) is 81.1 cm³/mol. The van der Waals surface area contributed by atoms with Crippen LogP contribution in [-0.4, -0.2) is 38.4 Å². The maximum absolute atomic E-state index is 5.81. The Labute approximate surface area is 119 Å². The highest BCUT2D eigenvalue weighted by molar-refractivity contribution is 7.80. The van der Waals surface area contributed by atoms with Gasteiger partial charge in [0.05, 0.1) is 18.9 Å². The Kier molecular flexibility index (Phi) is 4.61. The molecule has 0 saturated carbocycles. The summed E-state index contributed by atoms with van der Waals surface area (Å²) in [7, 11) is 3.43. The fourth-order valence-electron chi connectivity index (χ4n) is 2.44. The van der Waals surface area contributed by atoms with E-state index in [0.29, 0.717) is 11.1 Å². The summed E-state index contributed by atoms with van der Waals surface area (Å²) in [6.45, 7) is 1.89. The number of ether oxygens (including phenoxy) is 2. The third kappa shape index (κ3) is 3.16. The Hall–Kier alpha value is -1.33. The van der Waals surface area contributed by atoms with Crippen molar-refractivity contribution in [2.45, 2.75) is 18.9 Å². The Morgan fingerprint density at radius 1 is 1.32 bits per heavy atom. The van der Waals surface area contributed by atoms with E-state index in [-0.39, 0.29) is 0 Å². The van der Waals surface area contributed by atoms with E-state index in [1.807, 2.05) is 18.2 Å². The second kappa shape index (κ2) is 6.21. The number of piperidine rings is 1. The van der Waals surface area contributed by atoms with E-state index >= 15 is 0 Å². The van der Waals surface area contributed by atoms with Crippen molar-refractivity contribution in [3.8, 4) is 5.75 Å². The first-order valence-corrected chi connectivity index (χ1v) is 6.82. The molecule has 4 nitrogen and oxygen atoms in total. The number of nitrogens with two attached hydrogens (primary N) is 1. The minimum atomic E-state index is 0.357. The molecule has 0 atom stereocenters. The van der Waals surface area contributed by atoms with Crippen molar-refractivity contribution in [1.82, 2.24) is 0 Å². The van der Waals surface area contributed by atoms with Crippen LogP contribution in [0.4, 0.5) is 5.69 Å². The first-order valence-electron chi connectivity index (χ1n) is 6.41. The van der Waals surface area contributed by atoms with Gasteiger partial charge in [0.2, 0.25) is 0 Å². The van der Waals surface area contributed by atoms with E-state index in [9.17, 15) is 0 Å². The van der Waals surface area contributed by atoms with Gasteiger partial charge in [-0.2, -0.15) is 0 Å². The summed E-state index contributed by atoms with van der Waals surface area (Å²) in [5.74, 6) is 0.823. The lowest BCUT2D eigenvalue weighted by molar-refractivity contribution is 0.0819. The van der Waals surface area contributed by atoms with Gasteiger partial charge in [-0.25, -0.2) is 0 Å². The van der Waals surface area contributed by atoms with E-state index < -0.39 is 0 Å². The molecule has 5 heteroatoms. The van der Waals surface area contributed by atoms with Crippen molar-refractivity contribution in [3.05, 3.63) is 23.8 Å². The molecule has 2 N–H and O–H groups in total. The van der Waals surface area contributed by atoms with Gasteiger partial charge >= 0.3 is 0 Å². The smallest absolute Gasteiger partial charge is 0.120 e. The zero-order valence-electron chi connectivity index (χ0n) is 11.4. The van der Waals surface area contributed by atoms with E-state index in [4.69, 9.17) is 27.4 Å². The van der Waals surface area contributed by atoms with Crippen LogP contribution in [0.25, 0.3) is 0 Å². The molecule has 1 saturated heterocycles. The fraction of sp³-hybridized carbons (Fsp3) is 0.500. The molecule has 1 aliphatic rings. The third-order valence-electron chi connectivity index (χ3n) is 3.59. The largest absolute Gasteiger partial charge is 0.497 e. The standard InChI is InChI=1S/C14H20N2O2S/c1-17-10-5-7-16(8-6-10)13-9-11(18-2)3-4-12(13)14(15)19/h3-4,9-10H,5-8H2,1-2H3,(H2,15,19). The third-order valence-corrected chi connectivity index (χ3v) is 3.81. The van der Waals surface area contributed by atoms with E-state index in [2.05, 4.69) is 4.90 Å². The Morgan fingerprint density at radius 3 is 2.53 bits per heavy atom. The molecule has 0 aliphatic carbocycles. The van der Waals surface area contributed by atoms with Crippen molar-refractivity contribution in [1.29, 1.82) is 0 Å². The monoisotopic (exact) mass is 280 g/mol. The van der Waals surface area contributed by atoms with Gasteiger partial charge in [-0.1, -0.05) is 12.2 Å². The van der Waals surface area contributed by atoms with Crippen LogP contribution in [-0.2, 0) is 4.74 Å². The quantitative estimate of drug-likeness (QED) is 0.854. The van der Waals surface area contributed by atoms with Crippen molar-refractivity contribution in [3.63, 3.8) is 0 Å². The zero-order chi connectivity index (χ0) is 13.8.